The van der Waals surface area contributed by atoms with Gasteiger partial charge in [0, 0.05) is 38.1 Å². The molecule has 154 valence electrons. The first kappa shape index (κ1) is 20.7. The standard InChI is InChI=1S/C21H26FN5O2/c1-16-3-8-19(23-13-16)24-20(28)14-25(2)15-21(29)27-11-9-26(10-12-27)18-6-4-17(22)5-7-18/h3-8,13H,9-12,14-15H2,1-2H3,(H,23,24,28). The molecular formula is C21H26FN5O2. The van der Waals surface area contributed by atoms with Crippen molar-refractivity contribution in [1.29, 1.82) is 0 Å². The molecule has 0 radical (unpaired) electrons. The first-order valence-electron chi connectivity index (χ1n) is 9.60. The second kappa shape index (κ2) is 9.47. The fraction of sp³-hybridized carbons (Fsp3) is 0.381. The summed E-state index contributed by atoms with van der Waals surface area (Å²) < 4.78 is 13.1. The van der Waals surface area contributed by atoms with E-state index in [-0.39, 0.29) is 30.7 Å². The fourth-order valence-corrected chi connectivity index (χ4v) is 3.22. The number of pyridine rings is 1. The molecule has 0 unspecified atom stereocenters. The van der Waals surface area contributed by atoms with Crippen LogP contribution in [0.5, 0.6) is 0 Å². The highest BCUT2D eigenvalue weighted by Gasteiger charge is 2.22. The first-order chi connectivity index (χ1) is 13.9. The van der Waals surface area contributed by atoms with Gasteiger partial charge in [0.05, 0.1) is 13.1 Å². The number of likely N-dealkylation sites (N-methyl/N-ethyl adjacent to an activating group) is 1. The Morgan fingerprint density at radius 3 is 2.38 bits per heavy atom. The summed E-state index contributed by atoms with van der Waals surface area (Å²) in [6.45, 7) is 4.80. The average Bonchev–Trinajstić information content (AvgIpc) is 2.70. The summed E-state index contributed by atoms with van der Waals surface area (Å²) in [7, 11) is 1.74. The van der Waals surface area contributed by atoms with Crippen molar-refractivity contribution in [2.24, 2.45) is 0 Å². The van der Waals surface area contributed by atoms with Crippen LogP contribution in [0.2, 0.25) is 0 Å². The van der Waals surface area contributed by atoms with Crippen LogP contribution in [-0.2, 0) is 9.59 Å². The van der Waals surface area contributed by atoms with Crippen molar-refractivity contribution < 1.29 is 14.0 Å². The van der Waals surface area contributed by atoms with Crippen molar-refractivity contribution >= 4 is 23.3 Å². The van der Waals surface area contributed by atoms with Gasteiger partial charge in [0.1, 0.15) is 11.6 Å². The minimum absolute atomic E-state index is 0.00693. The summed E-state index contributed by atoms with van der Waals surface area (Å²) in [5.41, 5.74) is 1.97. The van der Waals surface area contributed by atoms with Crippen LogP contribution >= 0.6 is 0 Å². The zero-order valence-corrected chi connectivity index (χ0v) is 16.8. The summed E-state index contributed by atoms with van der Waals surface area (Å²) in [4.78, 5) is 34.5. The Labute approximate surface area is 170 Å². The van der Waals surface area contributed by atoms with Crippen LogP contribution in [0.3, 0.4) is 0 Å². The van der Waals surface area contributed by atoms with E-state index < -0.39 is 0 Å². The molecule has 1 saturated heterocycles. The molecular weight excluding hydrogens is 373 g/mol. The van der Waals surface area contributed by atoms with E-state index in [0.717, 1.165) is 11.3 Å². The molecule has 2 amide bonds. The van der Waals surface area contributed by atoms with E-state index in [9.17, 15) is 14.0 Å². The highest BCUT2D eigenvalue weighted by Crippen LogP contribution is 2.17. The monoisotopic (exact) mass is 399 g/mol. The van der Waals surface area contributed by atoms with Crippen LogP contribution in [0.15, 0.2) is 42.6 Å². The molecule has 2 aromatic rings. The molecule has 1 fully saturated rings. The third kappa shape index (κ3) is 5.99. The molecule has 3 rings (SSSR count). The molecule has 29 heavy (non-hydrogen) atoms. The van der Waals surface area contributed by atoms with Gasteiger partial charge >= 0.3 is 0 Å². The normalized spacial score (nSPS) is 14.2. The number of nitrogens with zero attached hydrogens (tertiary/aromatic N) is 4. The third-order valence-corrected chi connectivity index (χ3v) is 4.82. The second-order valence-electron chi connectivity index (χ2n) is 7.29. The molecule has 0 aliphatic carbocycles. The molecule has 7 nitrogen and oxygen atoms in total. The molecule has 2 heterocycles. The topological polar surface area (TPSA) is 68.8 Å². The molecule has 1 aromatic carbocycles. The molecule has 0 bridgehead atoms. The molecule has 1 aliphatic rings. The predicted molar refractivity (Wildman–Crippen MR) is 110 cm³/mol. The van der Waals surface area contributed by atoms with Gasteiger partial charge in [-0.25, -0.2) is 9.37 Å². The summed E-state index contributed by atoms with van der Waals surface area (Å²) >= 11 is 0. The zero-order chi connectivity index (χ0) is 20.8. The molecule has 1 aromatic heterocycles. The Balaban J connectivity index is 1.42. The Hall–Kier alpha value is -3.00. The van der Waals surface area contributed by atoms with Gasteiger partial charge in [-0.1, -0.05) is 6.07 Å². The van der Waals surface area contributed by atoms with Gasteiger partial charge in [-0.2, -0.15) is 0 Å². The number of benzene rings is 1. The van der Waals surface area contributed by atoms with Gasteiger partial charge in [0.25, 0.3) is 0 Å². The number of carbonyl (C=O) groups excluding carboxylic acids is 2. The summed E-state index contributed by atoms with van der Waals surface area (Å²) in [6, 6.07) is 10.0. The Kier molecular flexibility index (Phi) is 6.77. The zero-order valence-electron chi connectivity index (χ0n) is 16.8. The summed E-state index contributed by atoms with van der Waals surface area (Å²) in [5.74, 6) is 0.0235. The number of aromatic nitrogens is 1. The smallest absolute Gasteiger partial charge is 0.239 e. The lowest BCUT2D eigenvalue weighted by molar-refractivity contribution is -0.132. The number of anilines is 2. The molecule has 0 spiro atoms. The van der Waals surface area contributed by atoms with Crippen LogP contribution in [0.4, 0.5) is 15.9 Å². The number of carbonyl (C=O) groups is 2. The van der Waals surface area contributed by atoms with E-state index >= 15 is 0 Å². The van der Waals surface area contributed by atoms with E-state index in [4.69, 9.17) is 0 Å². The highest BCUT2D eigenvalue weighted by atomic mass is 19.1. The number of piperazine rings is 1. The first-order valence-corrected chi connectivity index (χ1v) is 9.60. The maximum Gasteiger partial charge on any atom is 0.239 e. The van der Waals surface area contributed by atoms with Crippen LogP contribution < -0.4 is 10.2 Å². The maximum absolute atomic E-state index is 13.1. The number of rotatable bonds is 6. The van der Waals surface area contributed by atoms with Gasteiger partial charge in [-0.05, 0) is 49.9 Å². The minimum atomic E-state index is -0.257. The molecule has 0 saturated carbocycles. The lowest BCUT2D eigenvalue weighted by atomic mass is 10.2. The number of nitrogens with one attached hydrogen (secondary N) is 1. The summed E-state index contributed by atoms with van der Waals surface area (Å²) in [6.07, 6.45) is 1.69. The van der Waals surface area contributed by atoms with Crippen LogP contribution in [-0.4, -0.2) is 72.9 Å². The van der Waals surface area contributed by atoms with Gasteiger partial charge in [-0.3, -0.25) is 14.5 Å². The average molecular weight is 399 g/mol. The molecule has 0 atom stereocenters. The predicted octanol–water partition coefficient (Wildman–Crippen LogP) is 1.75. The Morgan fingerprint density at radius 2 is 1.76 bits per heavy atom. The van der Waals surface area contributed by atoms with Crippen molar-refractivity contribution in [3.05, 3.63) is 54.0 Å². The van der Waals surface area contributed by atoms with Crippen molar-refractivity contribution in [2.45, 2.75) is 6.92 Å². The number of halogens is 1. The molecule has 1 aliphatic heterocycles. The quantitative estimate of drug-likeness (QED) is 0.802. The molecule has 8 heteroatoms. The lowest BCUT2D eigenvalue weighted by Gasteiger charge is -2.36. The van der Waals surface area contributed by atoms with Crippen molar-refractivity contribution in [1.82, 2.24) is 14.8 Å². The van der Waals surface area contributed by atoms with Crippen LogP contribution in [0.1, 0.15) is 5.56 Å². The number of amides is 2. The highest BCUT2D eigenvalue weighted by molar-refractivity contribution is 5.91. The van der Waals surface area contributed by atoms with Crippen LogP contribution in [0, 0.1) is 12.7 Å². The van der Waals surface area contributed by atoms with E-state index in [1.54, 1.807) is 41.2 Å². The maximum atomic E-state index is 13.1. The summed E-state index contributed by atoms with van der Waals surface area (Å²) in [5, 5.41) is 2.73. The van der Waals surface area contributed by atoms with Gasteiger partial charge in [0.15, 0.2) is 0 Å². The van der Waals surface area contributed by atoms with E-state index in [0.29, 0.717) is 32.0 Å². The van der Waals surface area contributed by atoms with Crippen molar-refractivity contribution in [2.75, 3.05) is 56.5 Å². The minimum Gasteiger partial charge on any atom is -0.368 e. The third-order valence-electron chi connectivity index (χ3n) is 4.82. The largest absolute Gasteiger partial charge is 0.368 e. The van der Waals surface area contributed by atoms with Crippen molar-refractivity contribution in [3.8, 4) is 0 Å². The van der Waals surface area contributed by atoms with Gasteiger partial charge < -0.3 is 15.1 Å². The number of aryl methyl sites for hydroxylation is 1. The SMILES string of the molecule is Cc1ccc(NC(=O)CN(C)CC(=O)N2CCN(c3ccc(F)cc3)CC2)nc1. The van der Waals surface area contributed by atoms with E-state index in [2.05, 4.69) is 15.2 Å². The van der Waals surface area contributed by atoms with Gasteiger partial charge in [-0.15, -0.1) is 0 Å². The molecule has 1 N–H and O–H groups in total. The fourth-order valence-electron chi connectivity index (χ4n) is 3.22. The number of hydrogen-bond acceptors (Lipinski definition) is 5. The van der Waals surface area contributed by atoms with Crippen molar-refractivity contribution in [3.63, 3.8) is 0 Å². The Morgan fingerprint density at radius 1 is 1.07 bits per heavy atom. The van der Waals surface area contributed by atoms with E-state index in [1.807, 2.05) is 13.0 Å². The van der Waals surface area contributed by atoms with Gasteiger partial charge in [0.2, 0.25) is 11.8 Å². The lowest BCUT2D eigenvalue weighted by Crippen LogP contribution is -2.51. The van der Waals surface area contributed by atoms with Crippen LogP contribution in [0.25, 0.3) is 0 Å². The second-order valence-corrected chi connectivity index (χ2v) is 7.29. The Bertz CT molecular complexity index is 833. The number of hydrogen-bond donors (Lipinski definition) is 1. The van der Waals surface area contributed by atoms with E-state index in [1.165, 1.54) is 12.1 Å².